The molecule has 1 aliphatic rings. The Labute approximate surface area is 121 Å². The van der Waals surface area contributed by atoms with Crippen LogP contribution in [0.2, 0.25) is 0 Å². The molecule has 0 radical (unpaired) electrons. The second-order valence-corrected chi connectivity index (χ2v) is 5.14. The molecule has 4 N–H and O–H groups in total. The van der Waals surface area contributed by atoms with Gasteiger partial charge >= 0.3 is 0 Å². The number of nitrogens with one attached hydrogen (secondary N) is 2. The Morgan fingerprint density at radius 2 is 2.19 bits per heavy atom. The number of aromatic nitrogens is 1. The van der Waals surface area contributed by atoms with Crippen molar-refractivity contribution in [2.75, 3.05) is 6.54 Å². The van der Waals surface area contributed by atoms with E-state index >= 15 is 0 Å². The second kappa shape index (κ2) is 5.05. The average molecular weight is 284 g/mol. The van der Waals surface area contributed by atoms with Gasteiger partial charge in [-0.25, -0.2) is 0 Å². The minimum atomic E-state index is -0.562. The number of aromatic amines is 1. The fraction of sp³-hybridized carbons (Fsp3) is 0.267. The van der Waals surface area contributed by atoms with E-state index in [1.54, 1.807) is 0 Å². The zero-order valence-electron chi connectivity index (χ0n) is 11.6. The molecule has 1 aromatic carbocycles. The van der Waals surface area contributed by atoms with Gasteiger partial charge in [0.15, 0.2) is 0 Å². The quantitative estimate of drug-likeness (QED) is 0.764. The Balaban J connectivity index is 1.91. The predicted molar refractivity (Wildman–Crippen MR) is 80.2 cm³/mol. The molecule has 6 nitrogen and oxygen atoms in total. The van der Waals surface area contributed by atoms with Crippen LogP contribution in [0.3, 0.4) is 0 Å². The SMILES string of the molecule is CC1=N[C@@H](C(=O)NCC(N)=O)Cc2c1[nH]c1ccccc21. The molecule has 0 aliphatic carbocycles. The number of nitrogens with zero attached hydrogens (tertiary/aromatic N) is 1. The van der Waals surface area contributed by atoms with Gasteiger partial charge < -0.3 is 16.0 Å². The summed E-state index contributed by atoms with van der Waals surface area (Å²) in [5.74, 6) is -0.836. The first-order chi connectivity index (χ1) is 10.1. The van der Waals surface area contributed by atoms with Crippen molar-refractivity contribution in [1.82, 2.24) is 10.3 Å². The third-order valence-corrected chi connectivity index (χ3v) is 3.66. The van der Waals surface area contributed by atoms with Gasteiger partial charge in [-0.1, -0.05) is 18.2 Å². The van der Waals surface area contributed by atoms with Crippen LogP contribution in [0.1, 0.15) is 18.2 Å². The van der Waals surface area contributed by atoms with E-state index < -0.39 is 11.9 Å². The summed E-state index contributed by atoms with van der Waals surface area (Å²) in [5, 5.41) is 3.62. The smallest absolute Gasteiger partial charge is 0.245 e. The number of hydrogen-bond donors (Lipinski definition) is 3. The van der Waals surface area contributed by atoms with Crippen LogP contribution in [-0.2, 0) is 16.0 Å². The number of hydrogen-bond acceptors (Lipinski definition) is 3. The topological polar surface area (TPSA) is 100 Å². The van der Waals surface area contributed by atoms with Crippen LogP contribution in [0.4, 0.5) is 0 Å². The van der Waals surface area contributed by atoms with Gasteiger partial charge in [0.2, 0.25) is 11.8 Å². The number of para-hydroxylation sites is 1. The Hall–Kier alpha value is -2.63. The van der Waals surface area contributed by atoms with Crippen molar-refractivity contribution in [2.24, 2.45) is 10.7 Å². The van der Waals surface area contributed by atoms with Crippen LogP contribution in [0, 0.1) is 0 Å². The first-order valence-corrected chi connectivity index (χ1v) is 6.76. The van der Waals surface area contributed by atoms with Crippen LogP contribution < -0.4 is 11.1 Å². The normalized spacial score (nSPS) is 17.2. The Morgan fingerprint density at radius 1 is 1.43 bits per heavy atom. The molecule has 0 saturated carbocycles. The van der Waals surface area contributed by atoms with Crippen LogP contribution in [-0.4, -0.2) is 35.1 Å². The van der Waals surface area contributed by atoms with Gasteiger partial charge in [-0.2, -0.15) is 0 Å². The molecule has 2 aromatic rings. The second-order valence-electron chi connectivity index (χ2n) is 5.14. The predicted octanol–water partition coefficient (Wildman–Crippen LogP) is 0.503. The van der Waals surface area contributed by atoms with Gasteiger partial charge in [0.05, 0.1) is 18.0 Å². The number of primary amides is 1. The molecule has 108 valence electrons. The molecular weight excluding hydrogens is 268 g/mol. The molecule has 1 atom stereocenters. The lowest BCUT2D eigenvalue weighted by molar-refractivity contribution is -0.125. The number of H-pyrrole nitrogens is 1. The lowest BCUT2D eigenvalue weighted by Crippen LogP contribution is -2.41. The zero-order valence-corrected chi connectivity index (χ0v) is 11.6. The molecule has 0 fully saturated rings. The van der Waals surface area contributed by atoms with Crippen molar-refractivity contribution in [3.05, 3.63) is 35.5 Å². The summed E-state index contributed by atoms with van der Waals surface area (Å²) in [4.78, 5) is 30.6. The van der Waals surface area contributed by atoms with Crippen LogP contribution in [0.25, 0.3) is 10.9 Å². The Morgan fingerprint density at radius 3 is 2.95 bits per heavy atom. The molecule has 0 saturated heterocycles. The Kier molecular flexibility index (Phi) is 3.21. The summed E-state index contributed by atoms with van der Waals surface area (Å²) in [6.07, 6.45) is 0.515. The standard InChI is InChI=1S/C15H16N4O2/c1-8-14-10(9-4-2-3-5-11(9)19-14)6-12(18-8)15(21)17-7-13(16)20/h2-5,12,19H,6-7H2,1H3,(H2,16,20)(H,17,21)/t12-/m1/s1. The van der Waals surface area contributed by atoms with E-state index in [0.717, 1.165) is 27.9 Å². The number of carbonyl (C=O) groups excluding carboxylic acids is 2. The molecule has 0 spiro atoms. The van der Waals surface area contributed by atoms with Crippen molar-refractivity contribution in [2.45, 2.75) is 19.4 Å². The highest BCUT2D eigenvalue weighted by molar-refractivity contribution is 6.06. The maximum atomic E-state index is 12.1. The number of fused-ring (bicyclic) bond motifs is 3. The molecular formula is C15H16N4O2. The first-order valence-electron chi connectivity index (χ1n) is 6.76. The molecule has 2 heterocycles. The largest absolute Gasteiger partial charge is 0.368 e. The molecule has 0 unspecified atom stereocenters. The maximum absolute atomic E-state index is 12.1. The number of nitrogens with two attached hydrogens (primary N) is 1. The van der Waals surface area contributed by atoms with Gasteiger partial charge in [0.1, 0.15) is 6.04 Å². The monoisotopic (exact) mass is 284 g/mol. The van der Waals surface area contributed by atoms with Crippen LogP contribution in [0.15, 0.2) is 29.3 Å². The third-order valence-electron chi connectivity index (χ3n) is 3.66. The Bertz CT molecular complexity index is 760. The number of carbonyl (C=O) groups is 2. The molecule has 3 rings (SSSR count). The van der Waals surface area contributed by atoms with E-state index in [-0.39, 0.29) is 12.5 Å². The van der Waals surface area contributed by atoms with Gasteiger partial charge in [-0.3, -0.25) is 14.6 Å². The minimum Gasteiger partial charge on any atom is -0.368 e. The van der Waals surface area contributed by atoms with E-state index in [9.17, 15) is 9.59 Å². The van der Waals surface area contributed by atoms with Gasteiger partial charge in [0.25, 0.3) is 0 Å². The van der Waals surface area contributed by atoms with Gasteiger partial charge in [0, 0.05) is 17.3 Å². The molecule has 1 aliphatic heterocycles. The summed E-state index contributed by atoms with van der Waals surface area (Å²) in [5.41, 5.74) is 8.95. The van der Waals surface area contributed by atoms with Gasteiger partial charge in [-0.15, -0.1) is 0 Å². The number of aliphatic imine (C=N–C) groups is 1. The van der Waals surface area contributed by atoms with Crippen LogP contribution in [0.5, 0.6) is 0 Å². The molecule has 21 heavy (non-hydrogen) atoms. The summed E-state index contributed by atoms with van der Waals surface area (Å²) >= 11 is 0. The van der Waals surface area contributed by atoms with E-state index in [0.29, 0.717) is 6.42 Å². The maximum Gasteiger partial charge on any atom is 0.245 e. The number of benzene rings is 1. The van der Waals surface area contributed by atoms with Crippen molar-refractivity contribution < 1.29 is 9.59 Å². The van der Waals surface area contributed by atoms with E-state index in [1.165, 1.54) is 0 Å². The highest BCUT2D eigenvalue weighted by Crippen LogP contribution is 2.28. The van der Waals surface area contributed by atoms with E-state index in [4.69, 9.17) is 5.73 Å². The van der Waals surface area contributed by atoms with Crippen molar-refractivity contribution in [3.63, 3.8) is 0 Å². The molecule has 2 amide bonds. The lowest BCUT2D eigenvalue weighted by atomic mass is 9.97. The number of rotatable bonds is 3. The first kappa shape index (κ1) is 13.4. The van der Waals surface area contributed by atoms with Crippen molar-refractivity contribution >= 4 is 28.4 Å². The fourth-order valence-corrected chi connectivity index (χ4v) is 2.70. The van der Waals surface area contributed by atoms with E-state index in [1.807, 2.05) is 31.2 Å². The molecule has 1 aromatic heterocycles. The van der Waals surface area contributed by atoms with Crippen molar-refractivity contribution in [3.8, 4) is 0 Å². The minimum absolute atomic E-state index is 0.162. The fourth-order valence-electron chi connectivity index (χ4n) is 2.70. The summed E-state index contributed by atoms with van der Waals surface area (Å²) in [7, 11) is 0. The zero-order chi connectivity index (χ0) is 15.0. The third kappa shape index (κ3) is 2.40. The molecule has 0 bridgehead atoms. The highest BCUT2D eigenvalue weighted by atomic mass is 16.2. The van der Waals surface area contributed by atoms with Crippen LogP contribution >= 0.6 is 0 Å². The van der Waals surface area contributed by atoms with E-state index in [2.05, 4.69) is 15.3 Å². The summed E-state index contributed by atoms with van der Waals surface area (Å²) < 4.78 is 0. The summed E-state index contributed by atoms with van der Waals surface area (Å²) in [6.45, 7) is 1.71. The average Bonchev–Trinajstić information content (AvgIpc) is 2.84. The molecule has 6 heteroatoms. The van der Waals surface area contributed by atoms with Gasteiger partial charge in [-0.05, 0) is 18.6 Å². The van der Waals surface area contributed by atoms with Crippen molar-refractivity contribution in [1.29, 1.82) is 0 Å². The number of amides is 2. The lowest BCUT2D eigenvalue weighted by Gasteiger charge is -2.19. The summed E-state index contributed by atoms with van der Waals surface area (Å²) in [6, 6.07) is 7.45. The highest BCUT2D eigenvalue weighted by Gasteiger charge is 2.27.